The monoisotopic (exact) mass is 796 g/mol. The van der Waals surface area contributed by atoms with Crippen LogP contribution >= 0.6 is 11.3 Å². The van der Waals surface area contributed by atoms with Crippen molar-refractivity contribution in [3.05, 3.63) is 88.9 Å². The van der Waals surface area contributed by atoms with Crippen molar-refractivity contribution >= 4 is 61.6 Å². The number of amides is 2. The van der Waals surface area contributed by atoms with Crippen LogP contribution in [0.15, 0.2) is 71.9 Å². The highest BCUT2D eigenvalue weighted by molar-refractivity contribution is 7.18. The van der Waals surface area contributed by atoms with Crippen LogP contribution in [0.25, 0.3) is 43.1 Å². The molecule has 0 radical (unpaired) electrons. The maximum Gasteiger partial charge on any atom is 0.259 e. The highest BCUT2D eigenvalue weighted by Gasteiger charge is 2.30. The van der Waals surface area contributed by atoms with Gasteiger partial charge in [0.05, 0.1) is 35.2 Å². The van der Waals surface area contributed by atoms with Gasteiger partial charge in [0.2, 0.25) is 22.6 Å². The summed E-state index contributed by atoms with van der Waals surface area (Å²) in [5.74, 6) is -0.0934. The van der Waals surface area contributed by atoms with Gasteiger partial charge in [-0.3, -0.25) is 29.6 Å². The van der Waals surface area contributed by atoms with Gasteiger partial charge in [-0.25, -0.2) is 9.36 Å². The minimum Gasteiger partial charge on any atom is -0.382 e. The molecule has 0 spiro atoms. The van der Waals surface area contributed by atoms with Crippen LogP contribution in [0.5, 0.6) is 0 Å². The summed E-state index contributed by atoms with van der Waals surface area (Å²) >= 11 is 1.60. The lowest BCUT2D eigenvalue weighted by Gasteiger charge is -2.39. The van der Waals surface area contributed by atoms with Crippen molar-refractivity contribution in [3.63, 3.8) is 0 Å². The van der Waals surface area contributed by atoms with Crippen molar-refractivity contribution < 1.29 is 9.59 Å². The van der Waals surface area contributed by atoms with Crippen LogP contribution in [0, 0.1) is 12.5 Å². The fourth-order valence-corrected chi connectivity index (χ4v) is 9.31. The fraction of sp³-hybridized carbons (Fsp3) is 0.381. The zero-order valence-electron chi connectivity index (χ0n) is 32.5. The number of benzene rings is 1. The van der Waals surface area contributed by atoms with Crippen molar-refractivity contribution in [3.8, 4) is 22.0 Å². The molecule has 296 valence electrons. The maximum absolute atomic E-state index is 13.3. The Labute approximate surface area is 339 Å². The first-order valence-electron chi connectivity index (χ1n) is 19.9. The van der Waals surface area contributed by atoms with Gasteiger partial charge in [-0.15, -0.1) is 10.2 Å². The van der Waals surface area contributed by atoms with Crippen LogP contribution in [0.3, 0.4) is 0 Å². The van der Waals surface area contributed by atoms with E-state index in [4.69, 9.17) is 11.6 Å². The third kappa shape index (κ3) is 7.38. The molecule has 1 unspecified atom stereocenters. The Morgan fingerprint density at radius 1 is 0.931 bits per heavy atom. The Morgan fingerprint density at radius 2 is 1.76 bits per heavy atom. The summed E-state index contributed by atoms with van der Waals surface area (Å²) in [5, 5.41) is 22.8. The zero-order valence-corrected chi connectivity index (χ0v) is 33.3. The first-order chi connectivity index (χ1) is 28.2. The fourth-order valence-electron chi connectivity index (χ4n) is 8.39. The number of imide groups is 1. The minimum atomic E-state index is -0.666. The Morgan fingerprint density at radius 3 is 2.53 bits per heavy atom. The molecule has 16 heteroatoms. The summed E-state index contributed by atoms with van der Waals surface area (Å²) in [7, 11) is 0. The lowest BCUT2D eigenvalue weighted by atomic mass is 9.95. The van der Waals surface area contributed by atoms with Gasteiger partial charge in [0.1, 0.15) is 6.04 Å². The van der Waals surface area contributed by atoms with E-state index >= 15 is 0 Å². The number of hydrogen-bond donors (Lipinski definition) is 2. The number of piperazine rings is 1. The van der Waals surface area contributed by atoms with Gasteiger partial charge >= 0.3 is 0 Å². The molecule has 0 saturated carbocycles. The van der Waals surface area contributed by atoms with Crippen LogP contribution in [0.4, 0.5) is 22.2 Å². The number of nitrogens with zero attached hydrogens (tertiary/aromatic N) is 10. The Bertz CT molecular complexity index is 2630. The van der Waals surface area contributed by atoms with Gasteiger partial charge in [0.15, 0.2) is 5.01 Å². The predicted molar refractivity (Wildman–Crippen MR) is 226 cm³/mol. The van der Waals surface area contributed by atoms with Crippen LogP contribution in [0.2, 0.25) is 0 Å². The molecule has 0 bridgehead atoms. The SMILES string of the molecule is [C-]#[N+]c1cnn2c(-c3cc(NC(C)C)c(-c4nnc(N5CCN(CC6CCN(c7ccc8c(=O)n(C9CCC(=O)NC9=O)ccc8c7)CC6)CC5)s4)cn3)ccc2c1. The molecule has 2 amide bonds. The molecule has 2 N–H and O–H groups in total. The smallest absolute Gasteiger partial charge is 0.259 e. The van der Waals surface area contributed by atoms with E-state index in [1.807, 2.05) is 53.2 Å². The summed E-state index contributed by atoms with van der Waals surface area (Å²) in [6.45, 7) is 18.3. The molecular weight excluding hydrogens is 753 g/mol. The van der Waals surface area contributed by atoms with Gasteiger partial charge in [0.25, 0.3) is 5.56 Å². The second-order valence-corrected chi connectivity index (χ2v) is 16.6. The molecule has 58 heavy (non-hydrogen) atoms. The first kappa shape index (κ1) is 37.4. The molecule has 1 aromatic carbocycles. The molecule has 3 fully saturated rings. The van der Waals surface area contributed by atoms with Crippen molar-refractivity contribution in [2.24, 2.45) is 5.92 Å². The predicted octanol–water partition coefficient (Wildman–Crippen LogP) is 5.62. The maximum atomic E-state index is 13.3. The number of aromatic nitrogens is 6. The van der Waals surface area contributed by atoms with E-state index in [-0.39, 0.29) is 23.9 Å². The molecule has 5 aromatic heterocycles. The van der Waals surface area contributed by atoms with Crippen LogP contribution in [-0.2, 0) is 9.59 Å². The molecule has 15 nitrogen and oxygen atoms in total. The molecule has 0 aliphatic carbocycles. The zero-order chi connectivity index (χ0) is 39.9. The number of nitrogens with one attached hydrogen (secondary N) is 2. The van der Waals surface area contributed by atoms with Gasteiger partial charge in [-0.2, -0.15) is 5.10 Å². The van der Waals surface area contributed by atoms with Crippen LogP contribution < -0.4 is 26.0 Å². The molecule has 9 rings (SSSR count). The topological polar surface area (TPSA) is 150 Å². The Balaban J connectivity index is 0.797. The van der Waals surface area contributed by atoms with Crippen molar-refractivity contribution in [1.82, 2.24) is 39.6 Å². The van der Waals surface area contributed by atoms with Crippen molar-refractivity contribution in [2.45, 2.75) is 51.6 Å². The average molecular weight is 797 g/mol. The lowest BCUT2D eigenvalue weighted by Crippen LogP contribution is -2.49. The van der Waals surface area contributed by atoms with Crippen molar-refractivity contribution in [2.75, 3.05) is 60.9 Å². The molecule has 1 atom stereocenters. The van der Waals surface area contributed by atoms with Gasteiger partial charge in [-0.1, -0.05) is 11.3 Å². The molecular formula is C42H44N12O3S. The van der Waals surface area contributed by atoms with E-state index < -0.39 is 11.9 Å². The third-order valence-corrected chi connectivity index (χ3v) is 12.5. The summed E-state index contributed by atoms with van der Waals surface area (Å²) in [6.07, 6.45) is 7.89. The van der Waals surface area contributed by atoms with E-state index in [0.717, 1.165) is 108 Å². The minimum absolute atomic E-state index is 0.194. The lowest BCUT2D eigenvalue weighted by molar-refractivity contribution is -0.135. The second-order valence-electron chi connectivity index (χ2n) is 15.7. The number of piperidine rings is 2. The number of carbonyl (C=O) groups is 2. The third-order valence-electron chi connectivity index (χ3n) is 11.5. The molecule has 8 heterocycles. The highest BCUT2D eigenvalue weighted by Crippen LogP contribution is 2.36. The Kier molecular flexibility index (Phi) is 10.1. The van der Waals surface area contributed by atoms with Gasteiger partial charge < -0.3 is 19.7 Å². The summed E-state index contributed by atoms with van der Waals surface area (Å²) in [5.41, 5.74) is 5.71. The number of anilines is 3. The highest BCUT2D eigenvalue weighted by atomic mass is 32.1. The van der Waals surface area contributed by atoms with E-state index in [2.05, 4.69) is 65.4 Å². The second kappa shape index (κ2) is 15.6. The van der Waals surface area contributed by atoms with E-state index in [1.165, 1.54) is 4.57 Å². The van der Waals surface area contributed by atoms with Crippen molar-refractivity contribution in [1.29, 1.82) is 0 Å². The van der Waals surface area contributed by atoms with Crippen LogP contribution in [0.1, 0.15) is 45.6 Å². The van der Waals surface area contributed by atoms with Gasteiger partial charge in [0, 0.05) is 87.4 Å². The number of pyridine rings is 2. The van der Waals surface area contributed by atoms with Crippen LogP contribution in [-0.4, -0.2) is 97.9 Å². The molecule has 3 aliphatic heterocycles. The van der Waals surface area contributed by atoms with E-state index in [9.17, 15) is 14.4 Å². The summed E-state index contributed by atoms with van der Waals surface area (Å²) in [4.78, 5) is 53.0. The molecule has 6 aromatic rings. The average Bonchev–Trinajstić information content (AvgIpc) is 3.90. The molecule has 3 saturated heterocycles. The largest absolute Gasteiger partial charge is 0.382 e. The summed E-state index contributed by atoms with van der Waals surface area (Å²) in [6, 6.07) is 15.2. The molecule has 3 aliphatic rings. The number of carbonyl (C=O) groups excluding carboxylic acids is 2. The standard InChI is InChI=1S/C42H44N12O3S/c1-26(2)46-34-22-35(36-7-5-31-21-29(43-3)23-45-54(31)36)44-24-33(34)40-48-49-42(58-40)52-18-16-50(17-19-52)25-27-10-13-51(14-11-27)30-4-6-32-28(20-30)12-15-53(41(32)57)37-8-9-38(55)47-39(37)56/h4-7,12,15,20-24,26-27,37H,8-11,13-14,16-19,25H2,1-2H3,(H,44,46)(H,47,55,56). The quantitative estimate of drug-likeness (QED) is 0.139. The number of hydrogen-bond acceptors (Lipinski definition) is 12. The first-order valence-corrected chi connectivity index (χ1v) is 20.7. The van der Waals surface area contributed by atoms with E-state index in [1.54, 1.807) is 23.7 Å². The van der Waals surface area contributed by atoms with E-state index in [0.29, 0.717) is 23.4 Å². The summed E-state index contributed by atoms with van der Waals surface area (Å²) < 4.78 is 3.27. The Hall–Kier alpha value is -6.18. The normalized spacial score (nSPS) is 18.3. The van der Waals surface area contributed by atoms with Gasteiger partial charge in [-0.05, 0) is 92.9 Å². The number of rotatable bonds is 9. The number of fused-ring (bicyclic) bond motifs is 2.